The van der Waals surface area contributed by atoms with Gasteiger partial charge >= 0.3 is 0 Å². The normalized spacial score (nSPS) is 21.0. The lowest BCUT2D eigenvalue weighted by Crippen LogP contribution is -2.52. The fraction of sp³-hybridized carbons (Fsp3) is 0.600. The Balaban J connectivity index is 1.52. The number of ether oxygens (including phenoxy) is 1. The predicted octanol–water partition coefficient (Wildman–Crippen LogP) is 3.93. The molecule has 2 heterocycles. The lowest BCUT2D eigenvalue weighted by molar-refractivity contribution is -0.144. The van der Waals surface area contributed by atoms with Crippen molar-refractivity contribution in [1.29, 1.82) is 0 Å². The largest absolute Gasteiger partial charge is 0.381 e. The van der Waals surface area contributed by atoms with Crippen LogP contribution >= 0.6 is 0 Å². The molecule has 2 aromatic rings. The summed E-state index contributed by atoms with van der Waals surface area (Å²) in [5, 5.41) is 4.86. The highest BCUT2D eigenvalue weighted by Gasteiger charge is 2.46. The molecule has 0 unspecified atom stereocenters. The van der Waals surface area contributed by atoms with Crippen LogP contribution in [0.1, 0.15) is 67.5 Å². The molecule has 30 heavy (non-hydrogen) atoms. The second-order valence-corrected chi connectivity index (χ2v) is 9.28. The molecule has 1 aromatic heterocycles. The van der Waals surface area contributed by atoms with E-state index in [4.69, 9.17) is 9.84 Å². The molecule has 1 saturated carbocycles. The van der Waals surface area contributed by atoms with E-state index in [2.05, 4.69) is 40.9 Å². The molecule has 2 aliphatic carbocycles. The molecule has 1 amide bonds. The maximum absolute atomic E-state index is 14.4. The van der Waals surface area contributed by atoms with E-state index in [-0.39, 0.29) is 0 Å². The number of carbonyl (C=O) groups is 1. The van der Waals surface area contributed by atoms with Crippen LogP contribution in [0, 0.1) is 0 Å². The van der Waals surface area contributed by atoms with Gasteiger partial charge in [-0.1, -0.05) is 43.2 Å². The van der Waals surface area contributed by atoms with E-state index in [1.807, 2.05) is 6.07 Å². The second-order valence-electron chi connectivity index (χ2n) is 9.28. The first-order valence-corrected chi connectivity index (χ1v) is 11.7. The lowest BCUT2D eigenvalue weighted by atomic mass is 9.72. The quantitative estimate of drug-likeness (QED) is 0.755. The summed E-state index contributed by atoms with van der Waals surface area (Å²) in [7, 11) is 2.05. The van der Waals surface area contributed by atoms with Crippen molar-refractivity contribution in [2.24, 2.45) is 7.05 Å². The first-order chi connectivity index (χ1) is 14.7. The monoisotopic (exact) mass is 407 g/mol. The molecule has 0 radical (unpaired) electrons. The van der Waals surface area contributed by atoms with Crippen molar-refractivity contribution < 1.29 is 9.53 Å². The van der Waals surface area contributed by atoms with E-state index in [9.17, 15) is 4.79 Å². The number of hydrogen-bond acceptors (Lipinski definition) is 3. The van der Waals surface area contributed by atoms with Gasteiger partial charge in [0.1, 0.15) is 0 Å². The summed E-state index contributed by atoms with van der Waals surface area (Å²) >= 11 is 0. The molecule has 2 fully saturated rings. The molecule has 0 N–H and O–H groups in total. The average Bonchev–Trinajstić information content (AvgIpc) is 3.54. The molecule has 160 valence electrons. The number of aromatic nitrogens is 2. The van der Waals surface area contributed by atoms with Crippen molar-refractivity contribution in [3.05, 3.63) is 52.8 Å². The molecule has 3 aliphatic rings. The van der Waals surface area contributed by atoms with Crippen molar-refractivity contribution in [3.8, 4) is 0 Å². The standard InChI is InChI=1S/C25H33N3O2/c1-27-23-13-7-12-21(23)22(26-27)18-28(20-10-5-6-11-20)24(29)25(14-16-30-17-15-25)19-8-3-2-4-9-19/h2-4,8-9,20H,5-7,10-18H2,1H3. The summed E-state index contributed by atoms with van der Waals surface area (Å²) in [5.41, 5.74) is 4.56. The first-order valence-electron chi connectivity index (χ1n) is 11.7. The van der Waals surface area contributed by atoms with E-state index >= 15 is 0 Å². The Kier molecular flexibility index (Phi) is 5.40. The van der Waals surface area contributed by atoms with Crippen molar-refractivity contribution in [3.63, 3.8) is 0 Å². The topological polar surface area (TPSA) is 47.4 Å². The highest BCUT2D eigenvalue weighted by molar-refractivity contribution is 5.88. The van der Waals surface area contributed by atoms with E-state index in [0.29, 0.717) is 31.7 Å². The summed E-state index contributed by atoms with van der Waals surface area (Å²) in [5.74, 6) is 0.293. The fourth-order valence-corrected chi connectivity index (χ4v) is 5.95. The fourth-order valence-electron chi connectivity index (χ4n) is 5.95. The molecule has 1 aromatic carbocycles. The molecule has 5 nitrogen and oxygen atoms in total. The van der Waals surface area contributed by atoms with E-state index in [1.54, 1.807) is 0 Å². The van der Waals surface area contributed by atoms with E-state index in [1.165, 1.54) is 30.5 Å². The minimum absolute atomic E-state index is 0.293. The van der Waals surface area contributed by atoms with Gasteiger partial charge in [-0.25, -0.2) is 0 Å². The number of rotatable bonds is 5. The summed E-state index contributed by atoms with van der Waals surface area (Å²) in [6.07, 6.45) is 9.61. The van der Waals surface area contributed by atoms with Crippen molar-refractivity contribution in [1.82, 2.24) is 14.7 Å². The third kappa shape index (κ3) is 3.37. The van der Waals surface area contributed by atoms with Crippen LogP contribution in [0.3, 0.4) is 0 Å². The first kappa shape index (κ1) is 19.8. The zero-order valence-corrected chi connectivity index (χ0v) is 18.1. The molecule has 0 atom stereocenters. The highest BCUT2D eigenvalue weighted by Crippen LogP contribution is 2.39. The van der Waals surface area contributed by atoms with Gasteiger partial charge in [0.25, 0.3) is 0 Å². The number of amides is 1. The molecule has 0 spiro atoms. The van der Waals surface area contributed by atoms with Crippen molar-refractivity contribution in [2.75, 3.05) is 13.2 Å². The summed E-state index contributed by atoms with van der Waals surface area (Å²) in [6, 6.07) is 10.8. The van der Waals surface area contributed by atoms with Gasteiger partial charge in [0.15, 0.2) is 0 Å². The summed E-state index contributed by atoms with van der Waals surface area (Å²) < 4.78 is 7.75. The second kappa shape index (κ2) is 8.18. The van der Waals surface area contributed by atoms with Gasteiger partial charge in [-0.2, -0.15) is 5.10 Å². The Morgan fingerprint density at radius 1 is 1.13 bits per heavy atom. The number of nitrogens with zero attached hydrogens (tertiary/aromatic N) is 3. The number of carbonyl (C=O) groups excluding carboxylic acids is 1. The van der Waals surface area contributed by atoms with Crippen LogP contribution in [0.15, 0.2) is 30.3 Å². The molecular formula is C25H33N3O2. The van der Waals surface area contributed by atoms with Gasteiger partial charge in [-0.05, 0) is 56.1 Å². The lowest BCUT2D eigenvalue weighted by Gasteiger charge is -2.42. The zero-order valence-electron chi connectivity index (χ0n) is 18.1. The molecule has 1 aliphatic heterocycles. The smallest absolute Gasteiger partial charge is 0.234 e. The van der Waals surface area contributed by atoms with Crippen LogP contribution in [-0.4, -0.2) is 39.8 Å². The van der Waals surface area contributed by atoms with Crippen molar-refractivity contribution >= 4 is 5.91 Å². The molecule has 5 rings (SSSR count). The summed E-state index contributed by atoms with van der Waals surface area (Å²) in [4.78, 5) is 16.6. The van der Waals surface area contributed by atoms with E-state index < -0.39 is 5.41 Å². The number of hydrogen-bond donors (Lipinski definition) is 0. The van der Waals surface area contributed by atoms with Crippen LogP contribution in [0.2, 0.25) is 0 Å². The van der Waals surface area contributed by atoms with Crippen LogP contribution in [0.25, 0.3) is 0 Å². The van der Waals surface area contributed by atoms with E-state index in [0.717, 1.165) is 49.8 Å². The average molecular weight is 408 g/mol. The summed E-state index contributed by atoms with van der Waals surface area (Å²) in [6.45, 7) is 1.96. The number of fused-ring (bicyclic) bond motifs is 1. The van der Waals surface area contributed by atoms with Gasteiger partial charge in [0, 0.05) is 32.0 Å². The minimum atomic E-state index is -0.472. The minimum Gasteiger partial charge on any atom is -0.381 e. The predicted molar refractivity (Wildman–Crippen MR) is 116 cm³/mol. The Morgan fingerprint density at radius 3 is 2.60 bits per heavy atom. The van der Waals surface area contributed by atoms with Gasteiger partial charge in [-0.3, -0.25) is 9.48 Å². The van der Waals surface area contributed by atoms with Gasteiger partial charge in [0.05, 0.1) is 17.7 Å². The SMILES string of the molecule is Cn1nc(CN(C(=O)C2(c3ccccc3)CCOCC2)C2CCCC2)c2c1CCC2. The van der Waals surface area contributed by atoms with Gasteiger partial charge in [0.2, 0.25) is 5.91 Å². The van der Waals surface area contributed by atoms with Crippen LogP contribution in [0.4, 0.5) is 0 Å². The third-order valence-electron chi connectivity index (χ3n) is 7.63. The highest BCUT2D eigenvalue weighted by atomic mass is 16.5. The maximum Gasteiger partial charge on any atom is 0.234 e. The Morgan fingerprint density at radius 2 is 1.87 bits per heavy atom. The molecule has 0 bridgehead atoms. The molecule has 1 saturated heterocycles. The van der Waals surface area contributed by atoms with Gasteiger partial charge in [-0.15, -0.1) is 0 Å². The number of benzene rings is 1. The van der Waals surface area contributed by atoms with Crippen LogP contribution in [0.5, 0.6) is 0 Å². The van der Waals surface area contributed by atoms with Gasteiger partial charge < -0.3 is 9.64 Å². The van der Waals surface area contributed by atoms with Crippen LogP contribution in [-0.2, 0) is 41.4 Å². The molecule has 5 heteroatoms. The molecular weight excluding hydrogens is 374 g/mol. The number of aryl methyl sites for hydroxylation is 1. The maximum atomic E-state index is 14.4. The Hall–Kier alpha value is -2.14. The zero-order chi connectivity index (χ0) is 20.6. The van der Waals surface area contributed by atoms with Crippen molar-refractivity contribution in [2.45, 2.75) is 75.8 Å². The van der Waals surface area contributed by atoms with Crippen LogP contribution < -0.4 is 0 Å². The Labute approximate surface area is 179 Å². The third-order valence-corrected chi connectivity index (χ3v) is 7.63. The Bertz CT molecular complexity index is 893.